The van der Waals surface area contributed by atoms with E-state index in [0.29, 0.717) is 6.42 Å². The summed E-state index contributed by atoms with van der Waals surface area (Å²) in [5, 5.41) is 11.6. The summed E-state index contributed by atoms with van der Waals surface area (Å²) in [7, 11) is 0. The van der Waals surface area contributed by atoms with E-state index >= 15 is 0 Å². The maximum Gasteiger partial charge on any atom is 0.326 e. The van der Waals surface area contributed by atoms with Crippen LogP contribution in [-0.4, -0.2) is 33.0 Å². The number of hydrogen-bond donors (Lipinski definition) is 2. The Morgan fingerprint density at radius 3 is 2.56 bits per heavy atom. The largest absolute Gasteiger partial charge is 0.480 e. The minimum absolute atomic E-state index is 0.0361. The molecule has 0 aliphatic rings. The van der Waals surface area contributed by atoms with Gasteiger partial charge in [0.05, 0.1) is 12.4 Å². The van der Waals surface area contributed by atoms with Crippen molar-refractivity contribution in [2.45, 2.75) is 26.3 Å². The molecule has 0 aliphatic carbocycles. The highest BCUT2D eigenvalue weighted by Crippen LogP contribution is 2.09. The van der Waals surface area contributed by atoms with Crippen LogP contribution in [0.2, 0.25) is 5.15 Å². The minimum Gasteiger partial charge on any atom is -0.480 e. The van der Waals surface area contributed by atoms with Gasteiger partial charge in [0.2, 0.25) is 0 Å². The first-order valence-electron chi connectivity index (χ1n) is 5.47. The highest BCUT2D eigenvalue weighted by atomic mass is 35.5. The van der Waals surface area contributed by atoms with Gasteiger partial charge in [0.15, 0.2) is 0 Å². The van der Waals surface area contributed by atoms with E-state index in [9.17, 15) is 9.59 Å². The molecule has 18 heavy (non-hydrogen) atoms. The van der Waals surface area contributed by atoms with Crippen LogP contribution >= 0.6 is 11.6 Å². The Morgan fingerprint density at radius 1 is 1.44 bits per heavy atom. The Bertz CT molecular complexity index is 436. The van der Waals surface area contributed by atoms with Crippen molar-refractivity contribution in [1.29, 1.82) is 0 Å². The smallest absolute Gasteiger partial charge is 0.326 e. The molecule has 0 bridgehead atoms. The van der Waals surface area contributed by atoms with Crippen molar-refractivity contribution >= 4 is 23.5 Å². The Kier molecular flexibility index (Phi) is 5.03. The lowest BCUT2D eigenvalue weighted by molar-refractivity contribution is -0.140. The van der Waals surface area contributed by atoms with E-state index in [-0.39, 0.29) is 16.8 Å². The van der Waals surface area contributed by atoms with Crippen LogP contribution in [0.3, 0.4) is 0 Å². The summed E-state index contributed by atoms with van der Waals surface area (Å²) in [6.45, 7) is 3.61. The molecule has 0 aromatic carbocycles. The number of hydrogen-bond acceptors (Lipinski definition) is 4. The molecule has 2 atom stereocenters. The number of aromatic nitrogens is 2. The van der Waals surface area contributed by atoms with Gasteiger partial charge in [0.25, 0.3) is 5.91 Å². The van der Waals surface area contributed by atoms with Gasteiger partial charge in [-0.3, -0.25) is 4.79 Å². The zero-order valence-corrected chi connectivity index (χ0v) is 10.8. The van der Waals surface area contributed by atoms with Gasteiger partial charge in [-0.1, -0.05) is 31.9 Å². The average Bonchev–Trinajstić information content (AvgIpc) is 2.35. The van der Waals surface area contributed by atoms with Crippen LogP contribution in [0.1, 0.15) is 30.8 Å². The third-order valence-corrected chi connectivity index (χ3v) is 2.81. The number of halogens is 1. The van der Waals surface area contributed by atoms with E-state index in [1.165, 1.54) is 12.4 Å². The van der Waals surface area contributed by atoms with Crippen LogP contribution in [0.15, 0.2) is 12.4 Å². The van der Waals surface area contributed by atoms with Crippen molar-refractivity contribution in [2.24, 2.45) is 5.92 Å². The second-order valence-electron chi connectivity index (χ2n) is 3.90. The van der Waals surface area contributed by atoms with Crippen LogP contribution in [0.5, 0.6) is 0 Å². The van der Waals surface area contributed by atoms with Crippen molar-refractivity contribution < 1.29 is 14.7 Å². The Balaban J connectivity index is 2.78. The van der Waals surface area contributed by atoms with Crippen molar-refractivity contribution in [3.8, 4) is 0 Å². The molecule has 0 aliphatic heterocycles. The molecule has 2 N–H and O–H groups in total. The third kappa shape index (κ3) is 3.66. The average molecular weight is 272 g/mol. The minimum atomic E-state index is -1.07. The van der Waals surface area contributed by atoms with Crippen LogP contribution in [0.25, 0.3) is 0 Å². The Morgan fingerprint density at radius 2 is 2.11 bits per heavy atom. The molecule has 1 unspecified atom stereocenters. The number of nitrogens with one attached hydrogen (secondary N) is 1. The first-order valence-corrected chi connectivity index (χ1v) is 5.84. The van der Waals surface area contributed by atoms with Gasteiger partial charge in [-0.05, 0) is 5.92 Å². The number of amides is 1. The van der Waals surface area contributed by atoms with Crippen LogP contribution in [0, 0.1) is 5.92 Å². The van der Waals surface area contributed by atoms with E-state index in [2.05, 4.69) is 15.3 Å². The SMILES string of the molecule is CCC(C)[C@H](NC(=O)c1cnc(Cl)cn1)C(=O)O. The zero-order chi connectivity index (χ0) is 13.7. The van der Waals surface area contributed by atoms with Crippen LogP contribution in [-0.2, 0) is 4.79 Å². The lowest BCUT2D eigenvalue weighted by Crippen LogP contribution is -2.45. The third-order valence-electron chi connectivity index (χ3n) is 2.62. The molecule has 1 aromatic heterocycles. The maximum absolute atomic E-state index is 11.8. The fourth-order valence-electron chi connectivity index (χ4n) is 1.33. The molecular formula is C11H14ClN3O3. The van der Waals surface area contributed by atoms with E-state index in [0.717, 1.165) is 0 Å². The van der Waals surface area contributed by atoms with Gasteiger partial charge in [-0.15, -0.1) is 0 Å². The number of rotatable bonds is 5. The summed E-state index contributed by atoms with van der Waals surface area (Å²) in [5.41, 5.74) is 0.0361. The summed E-state index contributed by atoms with van der Waals surface area (Å²) in [4.78, 5) is 30.3. The monoisotopic (exact) mass is 271 g/mol. The fraction of sp³-hybridized carbons (Fsp3) is 0.455. The molecule has 0 spiro atoms. The standard InChI is InChI=1S/C11H14ClN3O3/c1-3-6(2)9(11(17)18)15-10(16)7-4-14-8(12)5-13-7/h4-6,9H,3H2,1-2H3,(H,15,16)(H,17,18)/t6?,9-/m0/s1. The fourth-order valence-corrected chi connectivity index (χ4v) is 1.43. The Labute approximate surface area is 109 Å². The number of carboxylic acid groups (broad SMARTS) is 1. The van der Waals surface area contributed by atoms with E-state index in [1.54, 1.807) is 6.92 Å². The van der Waals surface area contributed by atoms with Crippen LogP contribution in [0.4, 0.5) is 0 Å². The molecule has 1 amide bonds. The first kappa shape index (κ1) is 14.4. The number of carboxylic acids is 1. The number of nitrogens with zero attached hydrogens (tertiary/aromatic N) is 2. The number of aliphatic carboxylic acids is 1. The predicted octanol–water partition coefficient (Wildman–Crippen LogP) is 1.36. The van der Waals surface area contributed by atoms with Gasteiger partial charge < -0.3 is 10.4 Å². The molecule has 98 valence electrons. The highest BCUT2D eigenvalue weighted by Gasteiger charge is 2.26. The van der Waals surface area contributed by atoms with Gasteiger partial charge in [-0.25, -0.2) is 14.8 Å². The van der Waals surface area contributed by atoms with Gasteiger partial charge in [0, 0.05) is 0 Å². The summed E-state index contributed by atoms with van der Waals surface area (Å²) in [6, 6.07) is -0.944. The van der Waals surface area contributed by atoms with Crippen molar-refractivity contribution in [3.05, 3.63) is 23.2 Å². The van der Waals surface area contributed by atoms with Gasteiger partial charge in [0.1, 0.15) is 16.9 Å². The van der Waals surface area contributed by atoms with Crippen LogP contribution < -0.4 is 5.32 Å². The number of carbonyl (C=O) groups is 2. The number of carbonyl (C=O) groups excluding carboxylic acids is 1. The lowest BCUT2D eigenvalue weighted by Gasteiger charge is -2.19. The Hall–Kier alpha value is -1.69. The molecular weight excluding hydrogens is 258 g/mol. The maximum atomic E-state index is 11.8. The summed E-state index contributed by atoms with van der Waals surface area (Å²) in [6.07, 6.45) is 3.08. The van der Waals surface area contributed by atoms with E-state index in [4.69, 9.17) is 16.7 Å². The quantitative estimate of drug-likeness (QED) is 0.843. The molecule has 1 heterocycles. The van der Waals surface area contributed by atoms with Crippen molar-refractivity contribution in [3.63, 3.8) is 0 Å². The van der Waals surface area contributed by atoms with Crippen molar-refractivity contribution in [2.75, 3.05) is 0 Å². The molecule has 0 fully saturated rings. The second kappa shape index (κ2) is 6.30. The zero-order valence-electron chi connectivity index (χ0n) is 10.1. The second-order valence-corrected chi connectivity index (χ2v) is 4.29. The lowest BCUT2D eigenvalue weighted by atomic mass is 9.99. The van der Waals surface area contributed by atoms with Crippen molar-refractivity contribution in [1.82, 2.24) is 15.3 Å². The molecule has 0 radical (unpaired) electrons. The molecule has 1 aromatic rings. The van der Waals surface area contributed by atoms with E-state index in [1.807, 2.05) is 6.92 Å². The molecule has 1 rings (SSSR count). The summed E-state index contributed by atoms with van der Waals surface area (Å²) >= 11 is 5.55. The topological polar surface area (TPSA) is 92.2 Å². The first-order chi connectivity index (χ1) is 8.45. The highest BCUT2D eigenvalue weighted by molar-refractivity contribution is 6.29. The van der Waals surface area contributed by atoms with Gasteiger partial charge >= 0.3 is 5.97 Å². The molecule has 6 nitrogen and oxygen atoms in total. The summed E-state index contributed by atoms with van der Waals surface area (Å²) < 4.78 is 0. The predicted molar refractivity (Wildman–Crippen MR) is 65.4 cm³/mol. The molecule has 7 heteroatoms. The van der Waals surface area contributed by atoms with E-state index < -0.39 is 17.9 Å². The summed E-state index contributed by atoms with van der Waals surface area (Å²) in [5.74, 6) is -1.82. The molecule has 0 saturated heterocycles. The van der Waals surface area contributed by atoms with Gasteiger partial charge in [-0.2, -0.15) is 0 Å². The normalized spacial score (nSPS) is 13.7. The molecule has 0 saturated carbocycles.